The Bertz CT molecular complexity index is 802. The zero-order chi connectivity index (χ0) is 15.5. The van der Waals surface area contributed by atoms with Crippen LogP contribution in [-0.4, -0.2) is 23.5 Å². The van der Waals surface area contributed by atoms with Crippen LogP contribution in [0.1, 0.15) is 5.89 Å². The Morgan fingerprint density at radius 1 is 0.957 bits per heavy atom. The van der Waals surface area contributed by atoms with Gasteiger partial charge in [0.15, 0.2) is 11.5 Å². The summed E-state index contributed by atoms with van der Waals surface area (Å²) in [5, 5.41) is 11.5. The van der Waals surface area contributed by atoms with Gasteiger partial charge in [-0.05, 0) is 24.3 Å². The van der Waals surface area contributed by atoms with Gasteiger partial charge < -0.3 is 19.2 Å². The van der Waals surface area contributed by atoms with E-state index in [-0.39, 0.29) is 6.79 Å². The Labute approximate surface area is 133 Å². The minimum Gasteiger partial charge on any atom is -0.454 e. The minimum absolute atomic E-state index is 0.281. The zero-order valence-electron chi connectivity index (χ0n) is 12.4. The molecule has 116 valence electrons. The fraction of sp³-hybridized carbons (Fsp3) is 0.176. The Balaban J connectivity index is 1.36. The van der Waals surface area contributed by atoms with E-state index in [0.29, 0.717) is 24.7 Å². The lowest BCUT2D eigenvalue weighted by Gasteiger charge is -2.05. The molecule has 2 aromatic carbocycles. The van der Waals surface area contributed by atoms with Crippen LogP contribution in [-0.2, 0) is 6.42 Å². The second-order valence-electron chi connectivity index (χ2n) is 5.11. The van der Waals surface area contributed by atoms with Crippen molar-refractivity contribution in [3.63, 3.8) is 0 Å². The lowest BCUT2D eigenvalue weighted by atomic mass is 10.2. The van der Waals surface area contributed by atoms with E-state index >= 15 is 0 Å². The van der Waals surface area contributed by atoms with E-state index in [9.17, 15) is 0 Å². The van der Waals surface area contributed by atoms with E-state index < -0.39 is 0 Å². The maximum atomic E-state index is 5.67. The molecule has 6 heteroatoms. The van der Waals surface area contributed by atoms with E-state index in [0.717, 1.165) is 22.7 Å². The largest absolute Gasteiger partial charge is 0.454 e. The minimum atomic E-state index is 0.281. The van der Waals surface area contributed by atoms with Crippen LogP contribution in [0, 0.1) is 0 Å². The van der Waals surface area contributed by atoms with Crippen LogP contribution in [0.25, 0.3) is 11.5 Å². The molecule has 1 aliphatic heterocycles. The lowest BCUT2D eigenvalue weighted by molar-refractivity contribution is 0.174. The van der Waals surface area contributed by atoms with E-state index in [4.69, 9.17) is 13.9 Å². The van der Waals surface area contributed by atoms with Crippen molar-refractivity contribution < 1.29 is 13.9 Å². The third-order valence-corrected chi connectivity index (χ3v) is 3.53. The van der Waals surface area contributed by atoms with Crippen LogP contribution in [0.15, 0.2) is 52.9 Å². The molecule has 0 atom stereocenters. The number of rotatable bonds is 5. The first-order valence-corrected chi connectivity index (χ1v) is 7.40. The molecule has 3 aromatic rings. The Morgan fingerprint density at radius 3 is 2.74 bits per heavy atom. The average Bonchev–Trinajstić information content (AvgIpc) is 3.24. The van der Waals surface area contributed by atoms with Crippen molar-refractivity contribution in [1.29, 1.82) is 0 Å². The van der Waals surface area contributed by atoms with Crippen LogP contribution < -0.4 is 14.8 Å². The third-order valence-electron chi connectivity index (χ3n) is 3.53. The van der Waals surface area contributed by atoms with Gasteiger partial charge in [-0.2, -0.15) is 0 Å². The zero-order valence-corrected chi connectivity index (χ0v) is 12.4. The molecule has 1 aromatic heterocycles. The highest BCUT2D eigenvalue weighted by Gasteiger charge is 2.13. The molecular formula is C17H15N3O3. The molecule has 23 heavy (non-hydrogen) atoms. The van der Waals surface area contributed by atoms with Crippen LogP contribution in [0.5, 0.6) is 11.5 Å². The molecule has 0 saturated heterocycles. The second kappa shape index (κ2) is 6.00. The van der Waals surface area contributed by atoms with Crippen molar-refractivity contribution in [2.24, 2.45) is 0 Å². The van der Waals surface area contributed by atoms with Gasteiger partial charge in [-0.15, -0.1) is 10.2 Å². The number of ether oxygens (including phenoxy) is 2. The summed E-state index contributed by atoms with van der Waals surface area (Å²) in [7, 11) is 0. The molecule has 0 radical (unpaired) electrons. The first-order valence-electron chi connectivity index (χ1n) is 7.40. The van der Waals surface area contributed by atoms with E-state index in [1.54, 1.807) is 0 Å². The number of benzene rings is 2. The monoisotopic (exact) mass is 309 g/mol. The smallest absolute Gasteiger partial charge is 0.247 e. The molecule has 0 unspecified atom stereocenters. The first-order chi connectivity index (χ1) is 11.4. The Kier molecular flexibility index (Phi) is 3.56. The van der Waals surface area contributed by atoms with Gasteiger partial charge in [-0.1, -0.05) is 18.2 Å². The molecular weight excluding hydrogens is 294 g/mol. The van der Waals surface area contributed by atoms with Crippen LogP contribution in [0.4, 0.5) is 5.69 Å². The number of nitrogens with zero attached hydrogens (tertiary/aromatic N) is 2. The number of nitrogens with one attached hydrogen (secondary N) is 1. The lowest BCUT2D eigenvalue weighted by Crippen LogP contribution is -2.04. The number of hydrogen-bond donors (Lipinski definition) is 1. The van der Waals surface area contributed by atoms with E-state index in [1.807, 2.05) is 48.5 Å². The fourth-order valence-electron chi connectivity index (χ4n) is 2.37. The van der Waals surface area contributed by atoms with Crippen molar-refractivity contribution in [2.75, 3.05) is 18.7 Å². The quantitative estimate of drug-likeness (QED) is 0.781. The van der Waals surface area contributed by atoms with Gasteiger partial charge in [0.1, 0.15) is 0 Å². The molecule has 1 N–H and O–H groups in total. The molecule has 1 aliphatic rings. The van der Waals surface area contributed by atoms with Gasteiger partial charge in [0.2, 0.25) is 18.6 Å². The van der Waals surface area contributed by atoms with E-state index in [2.05, 4.69) is 15.5 Å². The average molecular weight is 309 g/mol. The summed E-state index contributed by atoms with van der Waals surface area (Å²) in [4.78, 5) is 0. The molecule has 6 nitrogen and oxygen atoms in total. The highest BCUT2D eigenvalue weighted by molar-refractivity contribution is 5.55. The van der Waals surface area contributed by atoms with Gasteiger partial charge in [0.05, 0.1) is 0 Å². The van der Waals surface area contributed by atoms with Crippen molar-refractivity contribution in [1.82, 2.24) is 10.2 Å². The molecule has 0 spiro atoms. The van der Waals surface area contributed by atoms with Crippen LogP contribution in [0.3, 0.4) is 0 Å². The van der Waals surface area contributed by atoms with Crippen molar-refractivity contribution in [3.8, 4) is 23.0 Å². The maximum absolute atomic E-state index is 5.67. The van der Waals surface area contributed by atoms with Crippen molar-refractivity contribution >= 4 is 5.69 Å². The summed E-state index contributed by atoms with van der Waals surface area (Å²) >= 11 is 0. The van der Waals surface area contributed by atoms with Crippen LogP contribution in [0.2, 0.25) is 0 Å². The highest BCUT2D eigenvalue weighted by Crippen LogP contribution is 2.34. The standard InChI is InChI=1S/C17H15N3O3/c1-2-4-12(5-3-1)17-20-19-16(23-17)8-9-18-13-6-7-14-15(10-13)22-11-21-14/h1-7,10,18H,8-9,11H2. The summed E-state index contributed by atoms with van der Waals surface area (Å²) in [6, 6.07) is 15.5. The molecule has 0 amide bonds. The second-order valence-corrected chi connectivity index (χ2v) is 5.11. The number of fused-ring (bicyclic) bond motifs is 1. The molecule has 0 bridgehead atoms. The topological polar surface area (TPSA) is 69.4 Å². The van der Waals surface area contributed by atoms with Gasteiger partial charge in [-0.25, -0.2) is 0 Å². The molecule has 4 rings (SSSR count). The van der Waals surface area contributed by atoms with Gasteiger partial charge in [0.25, 0.3) is 0 Å². The van der Waals surface area contributed by atoms with Crippen molar-refractivity contribution in [3.05, 3.63) is 54.4 Å². The fourth-order valence-corrected chi connectivity index (χ4v) is 2.37. The Hall–Kier alpha value is -3.02. The van der Waals surface area contributed by atoms with Gasteiger partial charge >= 0.3 is 0 Å². The predicted molar refractivity (Wildman–Crippen MR) is 84.5 cm³/mol. The number of anilines is 1. The third kappa shape index (κ3) is 2.96. The van der Waals surface area contributed by atoms with Crippen molar-refractivity contribution in [2.45, 2.75) is 6.42 Å². The maximum Gasteiger partial charge on any atom is 0.247 e. The molecule has 2 heterocycles. The Morgan fingerprint density at radius 2 is 1.83 bits per heavy atom. The molecule has 0 saturated carbocycles. The van der Waals surface area contributed by atoms with Gasteiger partial charge in [-0.3, -0.25) is 0 Å². The SMILES string of the molecule is c1ccc(-c2nnc(CCNc3ccc4c(c3)OCO4)o2)cc1. The number of aromatic nitrogens is 2. The van der Waals surface area contributed by atoms with Crippen LogP contribution >= 0.6 is 0 Å². The normalized spacial score (nSPS) is 12.3. The summed E-state index contributed by atoms with van der Waals surface area (Å²) in [5.74, 6) is 2.69. The first kappa shape index (κ1) is 13.6. The summed E-state index contributed by atoms with van der Waals surface area (Å²) in [5.41, 5.74) is 1.90. The summed E-state index contributed by atoms with van der Waals surface area (Å²) in [6.45, 7) is 0.971. The predicted octanol–water partition coefficient (Wildman–Crippen LogP) is 3.12. The van der Waals surface area contributed by atoms with E-state index in [1.165, 1.54) is 0 Å². The summed E-state index contributed by atoms with van der Waals surface area (Å²) in [6.07, 6.45) is 0.647. The highest BCUT2D eigenvalue weighted by atomic mass is 16.7. The number of hydrogen-bond acceptors (Lipinski definition) is 6. The summed E-state index contributed by atoms with van der Waals surface area (Å²) < 4.78 is 16.3. The molecule has 0 aliphatic carbocycles. The molecule has 0 fully saturated rings. The van der Waals surface area contributed by atoms with Gasteiger partial charge in [0, 0.05) is 30.3 Å².